The van der Waals surface area contributed by atoms with Crippen molar-refractivity contribution in [2.24, 2.45) is 0 Å². The van der Waals surface area contributed by atoms with Gasteiger partial charge in [-0.2, -0.15) is 0 Å². The fourth-order valence-corrected chi connectivity index (χ4v) is 5.04. The van der Waals surface area contributed by atoms with Crippen molar-refractivity contribution in [3.8, 4) is 0 Å². The van der Waals surface area contributed by atoms with Gasteiger partial charge in [0.05, 0.1) is 18.6 Å². The van der Waals surface area contributed by atoms with Gasteiger partial charge in [-0.05, 0) is 47.9 Å². The van der Waals surface area contributed by atoms with E-state index in [1.165, 1.54) is 16.0 Å². The van der Waals surface area contributed by atoms with Gasteiger partial charge in [-0.3, -0.25) is 14.5 Å². The first-order valence-electron chi connectivity index (χ1n) is 10.3. The van der Waals surface area contributed by atoms with Crippen molar-refractivity contribution in [2.75, 3.05) is 13.1 Å². The number of thiophene rings is 1. The summed E-state index contributed by atoms with van der Waals surface area (Å²) in [5.74, 6) is -0.128. The Morgan fingerprint density at radius 3 is 2.47 bits per heavy atom. The van der Waals surface area contributed by atoms with Gasteiger partial charge in [0.2, 0.25) is 5.91 Å². The molecule has 0 saturated carbocycles. The summed E-state index contributed by atoms with van der Waals surface area (Å²) in [6.45, 7) is 2.64. The molecule has 0 bridgehead atoms. The molecule has 1 aromatic heterocycles. The van der Waals surface area contributed by atoms with Crippen LogP contribution in [0.3, 0.4) is 0 Å². The minimum absolute atomic E-state index is 0.0226. The lowest BCUT2D eigenvalue weighted by Crippen LogP contribution is -2.48. The Bertz CT molecular complexity index is 1000. The topological polar surface area (TPSA) is 49.4 Å². The molecule has 0 aliphatic carbocycles. The summed E-state index contributed by atoms with van der Waals surface area (Å²) in [6.07, 6.45) is 1.46. The first-order valence-corrected chi connectivity index (χ1v) is 11.2. The van der Waals surface area contributed by atoms with Crippen LogP contribution in [0, 0.1) is 0 Å². The molecular formula is C25H26N2O2S. The number of Topliss-reactive ketones (excluding diaryl/α,β-unsaturated/α-hetero) is 1. The van der Waals surface area contributed by atoms with Gasteiger partial charge in [-0.1, -0.05) is 60.7 Å². The molecule has 4 nitrogen and oxygen atoms in total. The number of hydrogen-bond acceptors (Lipinski definition) is 4. The second-order valence-electron chi connectivity index (χ2n) is 7.75. The molecule has 2 aromatic carbocycles. The number of carbonyl (C=O) groups excluding carboxylic acids is 2. The van der Waals surface area contributed by atoms with Gasteiger partial charge in [0.25, 0.3) is 0 Å². The van der Waals surface area contributed by atoms with Crippen LogP contribution in [0.2, 0.25) is 0 Å². The number of amides is 1. The molecule has 4 rings (SSSR count). The predicted molar refractivity (Wildman–Crippen MR) is 121 cm³/mol. The SMILES string of the molecule is CC(=O)[C@H](Cc1ccccc1)NC(=O)CN1CCc2sccc2[C@@H]1c1ccccc1. The van der Waals surface area contributed by atoms with E-state index in [4.69, 9.17) is 0 Å². The van der Waals surface area contributed by atoms with Crippen LogP contribution in [0.15, 0.2) is 72.1 Å². The summed E-state index contributed by atoms with van der Waals surface area (Å²) in [7, 11) is 0. The Balaban J connectivity index is 1.49. The number of nitrogens with zero attached hydrogens (tertiary/aromatic N) is 1. The number of nitrogens with one attached hydrogen (secondary N) is 1. The van der Waals surface area contributed by atoms with Gasteiger partial charge in [-0.25, -0.2) is 0 Å². The molecule has 1 N–H and O–H groups in total. The van der Waals surface area contributed by atoms with Gasteiger partial charge in [0.1, 0.15) is 0 Å². The van der Waals surface area contributed by atoms with E-state index < -0.39 is 6.04 Å². The summed E-state index contributed by atoms with van der Waals surface area (Å²) < 4.78 is 0. The summed E-state index contributed by atoms with van der Waals surface area (Å²) >= 11 is 1.79. The Kier molecular flexibility index (Phi) is 6.41. The molecule has 0 fully saturated rings. The third kappa shape index (κ3) is 4.69. The smallest absolute Gasteiger partial charge is 0.234 e. The van der Waals surface area contributed by atoms with E-state index in [1.807, 2.05) is 48.5 Å². The van der Waals surface area contributed by atoms with E-state index in [-0.39, 0.29) is 24.3 Å². The number of rotatable bonds is 7. The maximum atomic E-state index is 12.9. The molecule has 0 radical (unpaired) electrons. The molecule has 5 heteroatoms. The van der Waals surface area contributed by atoms with Crippen LogP contribution >= 0.6 is 11.3 Å². The summed E-state index contributed by atoms with van der Waals surface area (Å²) in [5.41, 5.74) is 3.52. The Hall–Kier alpha value is -2.76. The van der Waals surface area contributed by atoms with E-state index in [9.17, 15) is 9.59 Å². The molecular weight excluding hydrogens is 392 g/mol. The van der Waals surface area contributed by atoms with Gasteiger partial charge >= 0.3 is 0 Å². The fourth-order valence-electron chi connectivity index (χ4n) is 4.13. The number of fused-ring (bicyclic) bond motifs is 1. The molecule has 154 valence electrons. The molecule has 1 aliphatic heterocycles. The quantitative estimate of drug-likeness (QED) is 0.631. The van der Waals surface area contributed by atoms with Crippen LogP contribution in [0.4, 0.5) is 0 Å². The maximum absolute atomic E-state index is 12.9. The molecule has 1 amide bonds. The molecule has 2 heterocycles. The van der Waals surface area contributed by atoms with Crippen molar-refractivity contribution in [2.45, 2.75) is 31.8 Å². The first-order chi connectivity index (χ1) is 14.6. The number of benzene rings is 2. The second-order valence-corrected chi connectivity index (χ2v) is 8.75. The Labute approximate surface area is 181 Å². The van der Waals surface area contributed by atoms with E-state index in [0.717, 1.165) is 18.5 Å². The highest BCUT2D eigenvalue weighted by molar-refractivity contribution is 7.10. The average molecular weight is 419 g/mol. The predicted octanol–water partition coefficient (Wildman–Crippen LogP) is 4.01. The van der Waals surface area contributed by atoms with Crippen molar-refractivity contribution in [3.05, 3.63) is 93.7 Å². The van der Waals surface area contributed by atoms with Crippen LogP contribution < -0.4 is 5.32 Å². The Morgan fingerprint density at radius 2 is 1.77 bits per heavy atom. The monoisotopic (exact) mass is 418 g/mol. The van der Waals surface area contributed by atoms with Crippen LogP contribution in [-0.2, 0) is 22.4 Å². The van der Waals surface area contributed by atoms with Crippen molar-refractivity contribution in [1.82, 2.24) is 10.2 Å². The number of carbonyl (C=O) groups is 2. The average Bonchev–Trinajstić information content (AvgIpc) is 3.23. The summed E-state index contributed by atoms with van der Waals surface area (Å²) in [4.78, 5) is 28.7. The zero-order valence-corrected chi connectivity index (χ0v) is 17.9. The highest BCUT2D eigenvalue weighted by Crippen LogP contribution is 2.37. The lowest BCUT2D eigenvalue weighted by atomic mass is 9.93. The van der Waals surface area contributed by atoms with Crippen LogP contribution in [0.25, 0.3) is 0 Å². The largest absolute Gasteiger partial charge is 0.345 e. The third-order valence-electron chi connectivity index (χ3n) is 5.64. The van der Waals surface area contributed by atoms with Crippen molar-refractivity contribution >= 4 is 23.0 Å². The molecule has 0 unspecified atom stereocenters. The second kappa shape index (κ2) is 9.37. The van der Waals surface area contributed by atoms with Crippen LogP contribution in [0.1, 0.15) is 34.5 Å². The van der Waals surface area contributed by atoms with Crippen molar-refractivity contribution < 1.29 is 9.59 Å². The zero-order valence-electron chi connectivity index (χ0n) is 17.1. The maximum Gasteiger partial charge on any atom is 0.234 e. The number of hydrogen-bond donors (Lipinski definition) is 1. The van der Waals surface area contributed by atoms with Gasteiger partial charge < -0.3 is 5.32 Å². The Morgan fingerprint density at radius 1 is 1.07 bits per heavy atom. The highest BCUT2D eigenvalue weighted by atomic mass is 32.1. The van der Waals surface area contributed by atoms with Crippen LogP contribution in [0.5, 0.6) is 0 Å². The van der Waals surface area contributed by atoms with E-state index in [1.54, 1.807) is 18.3 Å². The minimum Gasteiger partial charge on any atom is -0.345 e. The van der Waals surface area contributed by atoms with Gasteiger partial charge in [-0.15, -0.1) is 11.3 Å². The highest BCUT2D eigenvalue weighted by Gasteiger charge is 2.31. The van der Waals surface area contributed by atoms with Crippen molar-refractivity contribution in [3.63, 3.8) is 0 Å². The molecule has 2 atom stereocenters. The lowest BCUT2D eigenvalue weighted by Gasteiger charge is -2.36. The standard InChI is InChI=1S/C25H26N2O2S/c1-18(28)22(16-19-8-4-2-5-9-19)26-24(29)17-27-14-12-23-21(13-15-30-23)25(27)20-10-6-3-7-11-20/h2-11,13,15,22,25H,12,14,16-17H2,1H3,(H,26,29)/t22-,25-/m0/s1. The zero-order chi connectivity index (χ0) is 20.9. The normalized spacial score (nSPS) is 17.2. The fraction of sp³-hybridized carbons (Fsp3) is 0.280. The van der Waals surface area contributed by atoms with Crippen LogP contribution in [-0.4, -0.2) is 35.7 Å². The van der Waals surface area contributed by atoms with Gasteiger partial charge in [0.15, 0.2) is 5.78 Å². The third-order valence-corrected chi connectivity index (χ3v) is 6.63. The summed E-state index contributed by atoms with van der Waals surface area (Å²) in [6, 6.07) is 21.9. The van der Waals surface area contributed by atoms with Crippen molar-refractivity contribution in [1.29, 1.82) is 0 Å². The molecule has 1 aliphatic rings. The minimum atomic E-state index is -0.503. The lowest BCUT2D eigenvalue weighted by molar-refractivity contribution is -0.127. The van der Waals surface area contributed by atoms with E-state index >= 15 is 0 Å². The van der Waals surface area contributed by atoms with E-state index in [0.29, 0.717) is 6.42 Å². The van der Waals surface area contributed by atoms with E-state index in [2.05, 4.69) is 33.8 Å². The molecule has 3 aromatic rings. The molecule has 30 heavy (non-hydrogen) atoms. The first kappa shape index (κ1) is 20.5. The molecule has 0 saturated heterocycles. The number of ketones is 1. The summed E-state index contributed by atoms with van der Waals surface area (Å²) in [5, 5.41) is 5.11. The molecule has 0 spiro atoms. The van der Waals surface area contributed by atoms with Gasteiger partial charge in [0, 0.05) is 11.4 Å².